The number of nitrogens with zero attached hydrogens (tertiary/aromatic N) is 4. The first-order valence-electron chi connectivity index (χ1n) is 5.37. The van der Waals surface area contributed by atoms with Crippen LogP contribution in [0.3, 0.4) is 0 Å². The standard InChI is InChI=1S/C11H9BrN6O2/c12-8-3-1-2-7(4-8)5-16-17-11-9(18(19)20)10(13)14-6-15-11/h1-6H,(H3,13,14,15,17)/b16-5-. The van der Waals surface area contributed by atoms with E-state index in [0.717, 1.165) is 16.4 Å². The molecule has 0 aliphatic rings. The van der Waals surface area contributed by atoms with Crippen molar-refractivity contribution >= 4 is 39.5 Å². The number of hydrogen-bond donors (Lipinski definition) is 2. The Hall–Kier alpha value is -2.55. The molecule has 0 amide bonds. The van der Waals surface area contributed by atoms with Gasteiger partial charge in [0.2, 0.25) is 11.6 Å². The average Bonchev–Trinajstić information content (AvgIpc) is 2.38. The van der Waals surface area contributed by atoms with Gasteiger partial charge in [-0.05, 0) is 17.7 Å². The lowest BCUT2D eigenvalue weighted by molar-refractivity contribution is -0.383. The molecule has 0 spiro atoms. The minimum Gasteiger partial charge on any atom is -0.378 e. The van der Waals surface area contributed by atoms with E-state index in [1.807, 2.05) is 24.3 Å². The topological polar surface area (TPSA) is 119 Å². The summed E-state index contributed by atoms with van der Waals surface area (Å²) in [6.45, 7) is 0. The van der Waals surface area contributed by atoms with Gasteiger partial charge in [0.25, 0.3) is 0 Å². The van der Waals surface area contributed by atoms with Crippen LogP contribution in [0.5, 0.6) is 0 Å². The molecule has 0 saturated carbocycles. The van der Waals surface area contributed by atoms with Gasteiger partial charge in [-0.2, -0.15) is 5.10 Å². The molecule has 20 heavy (non-hydrogen) atoms. The highest BCUT2D eigenvalue weighted by Crippen LogP contribution is 2.25. The Labute approximate surface area is 122 Å². The third-order valence-corrected chi connectivity index (χ3v) is 2.76. The van der Waals surface area contributed by atoms with Gasteiger partial charge in [0.05, 0.1) is 11.1 Å². The summed E-state index contributed by atoms with van der Waals surface area (Å²) < 4.78 is 0.902. The van der Waals surface area contributed by atoms with Gasteiger partial charge < -0.3 is 5.73 Å². The third kappa shape index (κ3) is 3.26. The predicted molar refractivity (Wildman–Crippen MR) is 78.5 cm³/mol. The van der Waals surface area contributed by atoms with Gasteiger partial charge >= 0.3 is 5.69 Å². The van der Waals surface area contributed by atoms with E-state index in [4.69, 9.17) is 5.73 Å². The molecule has 1 heterocycles. The molecule has 0 atom stereocenters. The van der Waals surface area contributed by atoms with Crippen molar-refractivity contribution in [3.05, 3.63) is 50.7 Å². The van der Waals surface area contributed by atoms with Gasteiger partial charge in [0, 0.05) is 4.47 Å². The van der Waals surface area contributed by atoms with E-state index in [9.17, 15) is 10.1 Å². The van der Waals surface area contributed by atoms with Crippen LogP contribution in [0.1, 0.15) is 5.56 Å². The molecule has 2 rings (SSSR count). The molecular weight excluding hydrogens is 328 g/mol. The van der Waals surface area contributed by atoms with Crippen LogP contribution < -0.4 is 11.2 Å². The monoisotopic (exact) mass is 336 g/mol. The number of nitrogen functional groups attached to an aromatic ring is 1. The van der Waals surface area contributed by atoms with Crippen molar-refractivity contribution in [1.82, 2.24) is 9.97 Å². The number of benzene rings is 1. The van der Waals surface area contributed by atoms with Crippen LogP contribution >= 0.6 is 15.9 Å². The number of aromatic nitrogens is 2. The molecule has 0 aliphatic carbocycles. The van der Waals surface area contributed by atoms with Crippen molar-refractivity contribution in [3.8, 4) is 0 Å². The van der Waals surface area contributed by atoms with Gasteiger partial charge in [0.1, 0.15) is 6.33 Å². The van der Waals surface area contributed by atoms with E-state index in [1.54, 1.807) is 0 Å². The number of nitro groups is 1. The molecule has 0 aliphatic heterocycles. The van der Waals surface area contributed by atoms with Crippen LogP contribution in [-0.4, -0.2) is 21.1 Å². The predicted octanol–water partition coefficient (Wildman–Crippen LogP) is 2.18. The van der Waals surface area contributed by atoms with Gasteiger partial charge in [0.15, 0.2) is 0 Å². The van der Waals surface area contributed by atoms with E-state index in [1.165, 1.54) is 6.21 Å². The highest BCUT2D eigenvalue weighted by Gasteiger charge is 2.20. The summed E-state index contributed by atoms with van der Waals surface area (Å²) in [7, 11) is 0. The molecule has 1 aromatic heterocycles. The summed E-state index contributed by atoms with van der Waals surface area (Å²) in [5.41, 5.74) is 8.33. The molecular formula is C11H9BrN6O2. The lowest BCUT2D eigenvalue weighted by Crippen LogP contribution is -2.04. The Morgan fingerprint density at radius 1 is 1.45 bits per heavy atom. The van der Waals surface area contributed by atoms with E-state index < -0.39 is 10.6 Å². The summed E-state index contributed by atoms with van der Waals surface area (Å²) in [6, 6.07) is 7.39. The fourth-order valence-corrected chi connectivity index (χ4v) is 1.83. The fourth-order valence-electron chi connectivity index (χ4n) is 1.41. The summed E-state index contributed by atoms with van der Waals surface area (Å²) in [4.78, 5) is 17.5. The fraction of sp³-hybridized carbons (Fsp3) is 0. The molecule has 0 radical (unpaired) electrons. The molecule has 2 aromatic rings. The number of rotatable bonds is 4. The Kier molecular flexibility index (Phi) is 4.20. The molecule has 0 bridgehead atoms. The maximum absolute atomic E-state index is 10.9. The molecule has 0 unspecified atom stereocenters. The third-order valence-electron chi connectivity index (χ3n) is 2.27. The van der Waals surface area contributed by atoms with Gasteiger partial charge in [-0.1, -0.05) is 28.1 Å². The quantitative estimate of drug-likeness (QED) is 0.501. The number of nitrogens with two attached hydrogens (primary N) is 1. The SMILES string of the molecule is Nc1ncnc(N/N=C\c2cccc(Br)c2)c1[N+](=O)[O-]. The zero-order chi connectivity index (χ0) is 14.5. The Balaban J connectivity index is 2.19. The van der Waals surface area contributed by atoms with Crippen LogP contribution in [-0.2, 0) is 0 Å². The van der Waals surface area contributed by atoms with E-state index in [2.05, 4.69) is 36.4 Å². The van der Waals surface area contributed by atoms with Gasteiger partial charge in [-0.15, -0.1) is 0 Å². The maximum atomic E-state index is 10.9. The highest BCUT2D eigenvalue weighted by molar-refractivity contribution is 9.10. The first-order valence-corrected chi connectivity index (χ1v) is 6.16. The smallest absolute Gasteiger partial charge is 0.354 e. The lowest BCUT2D eigenvalue weighted by Gasteiger charge is -2.01. The van der Waals surface area contributed by atoms with Crippen molar-refractivity contribution in [1.29, 1.82) is 0 Å². The van der Waals surface area contributed by atoms with Crippen molar-refractivity contribution in [2.45, 2.75) is 0 Å². The summed E-state index contributed by atoms with van der Waals surface area (Å²) in [5, 5.41) is 14.8. The second-order valence-electron chi connectivity index (χ2n) is 3.64. The van der Waals surface area contributed by atoms with E-state index in [-0.39, 0.29) is 11.6 Å². The first kappa shape index (κ1) is 13.9. The van der Waals surface area contributed by atoms with Crippen molar-refractivity contribution in [3.63, 3.8) is 0 Å². The van der Waals surface area contributed by atoms with Gasteiger partial charge in [-0.25, -0.2) is 9.97 Å². The molecule has 0 saturated heterocycles. The Morgan fingerprint density at radius 2 is 2.25 bits per heavy atom. The normalized spacial score (nSPS) is 10.7. The lowest BCUT2D eigenvalue weighted by atomic mass is 10.2. The molecule has 1 aromatic carbocycles. The minimum atomic E-state index is -0.660. The van der Waals surface area contributed by atoms with Crippen LogP contribution in [0.2, 0.25) is 0 Å². The van der Waals surface area contributed by atoms with Crippen LogP contribution in [0.25, 0.3) is 0 Å². The van der Waals surface area contributed by atoms with E-state index >= 15 is 0 Å². The largest absolute Gasteiger partial charge is 0.378 e. The number of anilines is 2. The molecule has 0 fully saturated rings. The van der Waals surface area contributed by atoms with Crippen molar-refractivity contribution in [2.24, 2.45) is 5.10 Å². The summed E-state index contributed by atoms with van der Waals surface area (Å²) in [5.74, 6) is -0.279. The van der Waals surface area contributed by atoms with Crippen molar-refractivity contribution in [2.75, 3.05) is 11.2 Å². The molecule has 3 N–H and O–H groups in total. The number of hydrazone groups is 1. The van der Waals surface area contributed by atoms with Crippen LogP contribution in [0.15, 0.2) is 40.2 Å². The summed E-state index contributed by atoms with van der Waals surface area (Å²) >= 11 is 3.33. The van der Waals surface area contributed by atoms with Crippen LogP contribution in [0, 0.1) is 10.1 Å². The summed E-state index contributed by atoms with van der Waals surface area (Å²) in [6.07, 6.45) is 2.63. The highest BCUT2D eigenvalue weighted by atomic mass is 79.9. The zero-order valence-corrected chi connectivity index (χ0v) is 11.6. The maximum Gasteiger partial charge on any atom is 0.354 e. The number of halogens is 1. The molecule has 9 heteroatoms. The Bertz CT molecular complexity index is 676. The second kappa shape index (κ2) is 6.06. The Morgan fingerprint density at radius 3 is 2.95 bits per heavy atom. The zero-order valence-electron chi connectivity index (χ0n) is 10.0. The number of hydrogen-bond acceptors (Lipinski definition) is 7. The minimum absolute atomic E-state index is 0.0613. The van der Waals surface area contributed by atoms with Crippen LogP contribution in [0.4, 0.5) is 17.3 Å². The van der Waals surface area contributed by atoms with Gasteiger partial charge in [-0.3, -0.25) is 15.5 Å². The second-order valence-corrected chi connectivity index (χ2v) is 4.55. The number of nitrogens with one attached hydrogen (secondary N) is 1. The first-order chi connectivity index (χ1) is 9.58. The molecule has 102 valence electrons. The average molecular weight is 337 g/mol. The van der Waals surface area contributed by atoms with E-state index in [0.29, 0.717) is 0 Å². The molecule has 8 nitrogen and oxygen atoms in total. The van der Waals surface area contributed by atoms with Crippen molar-refractivity contribution < 1.29 is 4.92 Å².